The molecule has 0 spiro atoms. The van der Waals surface area contributed by atoms with Crippen molar-refractivity contribution in [3.8, 4) is 5.75 Å². The third-order valence-corrected chi connectivity index (χ3v) is 8.06. The van der Waals surface area contributed by atoms with Crippen molar-refractivity contribution in [3.63, 3.8) is 0 Å². The van der Waals surface area contributed by atoms with E-state index >= 15 is 4.39 Å². The molecule has 1 unspecified atom stereocenters. The van der Waals surface area contributed by atoms with Gasteiger partial charge in [0, 0.05) is 35.6 Å². The van der Waals surface area contributed by atoms with E-state index in [-0.39, 0.29) is 48.5 Å². The van der Waals surface area contributed by atoms with E-state index in [0.717, 1.165) is 0 Å². The first-order valence-corrected chi connectivity index (χ1v) is 12.4. The predicted molar refractivity (Wildman–Crippen MR) is 129 cm³/mol. The Bertz CT molecular complexity index is 1400. The van der Waals surface area contributed by atoms with Gasteiger partial charge in [-0.25, -0.2) is 4.39 Å². The highest BCUT2D eigenvalue weighted by Crippen LogP contribution is 2.53. The summed E-state index contributed by atoms with van der Waals surface area (Å²) in [6.07, 6.45) is -0.192. The maximum Gasteiger partial charge on any atom is 0.255 e. The van der Waals surface area contributed by atoms with E-state index in [1.807, 2.05) is 13.8 Å². The molecule has 0 bridgehead atoms. The number of halogens is 1. The van der Waals surface area contributed by atoms with Crippen molar-refractivity contribution >= 4 is 29.1 Å². The van der Waals surface area contributed by atoms with Crippen LogP contribution in [0.3, 0.4) is 0 Å². The molecule has 12 heteroatoms. The molecule has 202 valence electrons. The monoisotopic (exact) mass is 529 g/mol. The molecule has 1 aliphatic heterocycles. The van der Waals surface area contributed by atoms with Crippen LogP contribution in [0.4, 0.5) is 10.1 Å². The number of hydrogen-bond acceptors (Lipinski definition) is 9. The molecule has 1 heterocycles. The van der Waals surface area contributed by atoms with Crippen LogP contribution < -0.4 is 16.4 Å². The summed E-state index contributed by atoms with van der Waals surface area (Å²) in [5.74, 6) is -9.13. The molecule has 0 aromatic heterocycles. The number of aliphatic hydroxyl groups is 3. The number of aromatic hydroxyl groups is 1. The van der Waals surface area contributed by atoms with Crippen molar-refractivity contribution in [3.05, 3.63) is 45.2 Å². The van der Waals surface area contributed by atoms with Gasteiger partial charge in [0.2, 0.25) is 11.7 Å². The van der Waals surface area contributed by atoms with E-state index in [2.05, 4.69) is 10.6 Å². The number of aliphatic hydroxyl groups excluding tert-OH is 2. The molecule has 1 aromatic rings. The molecule has 4 atom stereocenters. The van der Waals surface area contributed by atoms with Crippen LogP contribution in [-0.4, -0.2) is 55.4 Å². The molecule has 0 saturated carbocycles. The number of primary amides is 1. The lowest BCUT2D eigenvalue weighted by Gasteiger charge is -2.45. The van der Waals surface area contributed by atoms with Gasteiger partial charge in [0.05, 0.1) is 17.3 Å². The summed E-state index contributed by atoms with van der Waals surface area (Å²) in [6, 6.07) is -0.661. The Hall–Kier alpha value is -3.77. The van der Waals surface area contributed by atoms with Gasteiger partial charge in [-0.2, -0.15) is 0 Å². The number of anilines is 1. The summed E-state index contributed by atoms with van der Waals surface area (Å²) in [5, 5.41) is 49.2. The van der Waals surface area contributed by atoms with E-state index in [1.165, 1.54) is 0 Å². The van der Waals surface area contributed by atoms with E-state index in [0.29, 0.717) is 6.42 Å². The molecule has 5 rings (SSSR count). The maximum atomic E-state index is 15.9. The van der Waals surface area contributed by atoms with Crippen LogP contribution in [0.5, 0.6) is 5.75 Å². The number of amides is 2. The molecule has 0 radical (unpaired) electrons. The quantitative estimate of drug-likeness (QED) is 0.222. The van der Waals surface area contributed by atoms with Gasteiger partial charge in [-0.15, -0.1) is 0 Å². The number of carbonyl (C=O) groups is 4. The lowest BCUT2D eigenvalue weighted by molar-refractivity contribution is -0.144. The second kappa shape index (κ2) is 8.63. The van der Waals surface area contributed by atoms with Crippen LogP contribution in [-0.2, 0) is 27.3 Å². The molecule has 0 fully saturated rings. The third kappa shape index (κ3) is 3.47. The average molecular weight is 530 g/mol. The van der Waals surface area contributed by atoms with Crippen molar-refractivity contribution in [1.82, 2.24) is 5.32 Å². The first-order chi connectivity index (χ1) is 17.8. The second-order valence-electron chi connectivity index (χ2n) is 10.8. The summed E-state index contributed by atoms with van der Waals surface area (Å²) in [7, 11) is 0. The smallest absolute Gasteiger partial charge is 0.255 e. The molecule has 8 N–H and O–H groups in total. The van der Waals surface area contributed by atoms with Crippen LogP contribution in [0, 0.1) is 23.6 Å². The number of ketones is 2. The minimum Gasteiger partial charge on any atom is -0.511 e. The topological polar surface area (TPSA) is 199 Å². The summed E-state index contributed by atoms with van der Waals surface area (Å²) in [5.41, 5.74) is 0.326. The van der Waals surface area contributed by atoms with Crippen molar-refractivity contribution in [2.45, 2.75) is 57.7 Å². The van der Waals surface area contributed by atoms with Crippen LogP contribution in [0.25, 0.3) is 0 Å². The molecular weight excluding hydrogens is 501 g/mol. The van der Waals surface area contributed by atoms with Gasteiger partial charge in [0.25, 0.3) is 5.91 Å². The zero-order valence-electron chi connectivity index (χ0n) is 20.7. The number of phenols is 1. The fraction of sp³-hybridized carbons (Fsp3) is 0.462. The Morgan fingerprint density at radius 1 is 1.16 bits per heavy atom. The van der Waals surface area contributed by atoms with Crippen molar-refractivity contribution in [2.75, 3.05) is 5.32 Å². The van der Waals surface area contributed by atoms with E-state index in [9.17, 15) is 39.6 Å². The molecule has 3 aliphatic carbocycles. The summed E-state index contributed by atoms with van der Waals surface area (Å²) in [4.78, 5) is 51.2. The highest BCUT2D eigenvalue weighted by Gasteiger charge is 2.60. The highest BCUT2D eigenvalue weighted by atomic mass is 19.1. The summed E-state index contributed by atoms with van der Waals surface area (Å²) >= 11 is 0. The SMILES string of the molecule is CC(C)C[C@@H]1NCc2c(F)c3c(c(O)c2NC1=O)C(=O)C1=C(O)[C@]2(O)C(=O)C(C(N)=O)=C(O)C[C@@H]2CC1C3. The molecule has 11 nitrogen and oxygen atoms in total. The normalized spacial score (nSPS) is 28.9. The largest absolute Gasteiger partial charge is 0.511 e. The van der Waals surface area contributed by atoms with E-state index < -0.39 is 86.7 Å². The lowest BCUT2D eigenvalue weighted by atomic mass is 9.60. The number of allylic oxidation sites excluding steroid dienone is 2. The van der Waals surface area contributed by atoms with Crippen LogP contribution >= 0.6 is 0 Å². The summed E-state index contributed by atoms with van der Waals surface area (Å²) in [6.45, 7) is 3.75. The Labute approximate surface area is 216 Å². The van der Waals surface area contributed by atoms with Gasteiger partial charge in [-0.3, -0.25) is 19.2 Å². The number of hydrogen-bond donors (Lipinski definition) is 7. The Balaban J connectivity index is 1.63. The van der Waals surface area contributed by atoms with Crippen LogP contribution in [0.15, 0.2) is 22.7 Å². The van der Waals surface area contributed by atoms with Gasteiger partial charge in [-0.05, 0) is 31.1 Å². The number of nitrogens with two attached hydrogens (primary N) is 1. The predicted octanol–water partition coefficient (Wildman–Crippen LogP) is 1.18. The molecule has 4 aliphatic rings. The second-order valence-corrected chi connectivity index (χ2v) is 10.8. The van der Waals surface area contributed by atoms with E-state index in [4.69, 9.17) is 5.73 Å². The Morgan fingerprint density at radius 2 is 1.84 bits per heavy atom. The van der Waals surface area contributed by atoms with Gasteiger partial charge in [-0.1, -0.05) is 13.8 Å². The third-order valence-electron chi connectivity index (χ3n) is 8.06. The Morgan fingerprint density at radius 3 is 2.47 bits per heavy atom. The zero-order valence-corrected chi connectivity index (χ0v) is 20.7. The lowest BCUT2D eigenvalue weighted by Crippen LogP contribution is -2.57. The zero-order chi connectivity index (χ0) is 27.8. The van der Waals surface area contributed by atoms with E-state index in [1.54, 1.807) is 0 Å². The summed E-state index contributed by atoms with van der Waals surface area (Å²) < 4.78 is 15.9. The van der Waals surface area contributed by atoms with Gasteiger partial charge >= 0.3 is 0 Å². The molecule has 2 amide bonds. The highest BCUT2D eigenvalue weighted by molar-refractivity contribution is 6.24. The van der Waals surface area contributed by atoms with Crippen LogP contribution in [0.2, 0.25) is 0 Å². The van der Waals surface area contributed by atoms with Gasteiger partial charge in [0.15, 0.2) is 17.1 Å². The number of rotatable bonds is 3. The molecular formula is C26H28FN3O8. The fourth-order valence-electron chi connectivity index (χ4n) is 6.26. The number of phenolic OH excluding ortho intramolecular Hbond substituents is 1. The minimum absolute atomic E-state index is 0.0165. The number of fused-ring (bicyclic) bond motifs is 4. The molecule has 0 saturated heterocycles. The molecule has 38 heavy (non-hydrogen) atoms. The van der Waals surface area contributed by atoms with Gasteiger partial charge < -0.3 is 36.8 Å². The first kappa shape index (κ1) is 25.9. The first-order valence-electron chi connectivity index (χ1n) is 12.4. The van der Waals surface area contributed by atoms with Gasteiger partial charge in [0.1, 0.15) is 22.9 Å². The van der Waals surface area contributed by atoms with Crippen LogP contribution in [0.1, 0.15) is 54.6 Å². The number of nitrogens with one attached hydrogen (secondary N) is 2. The maximum absolute atomic E-state index is 15.9. The standard InChI is InChI=1S/C26H28FN3O8/c1-8(2)3-13-25(37)30-19-12(7-29-13)18(27)11-5-9-4-10-6-14(31)17(24(28)36)23(35)26(10,38)22(34)15(9)20(32)16(11)21(19)33/h8-10,13,29,31,33-34,38H,3-7H2,1-2H3,(H2,28,36)(H,30,37)/t9?,10-,13-,26-/m0/s1. The number of Topliss-reactive ketones (excluding diaryl/α,β-unsaturated/α-hetero) is 2. The fourth-order valence-corrected chi connectivity index (χ4v) is 6.26. The van der Waals surface area contributed by atoms with Crippen molar-refractivity contribution in [1.29, 1.82) is 0 Å². The van der Waals surface area contributed by atoms with Crippen molar-refractivity contribution < 1.29 is 44.0 Å². The van der Waals surface area contributed by atoms with Crippen molar-refractivity contribution in [2.24, 2.45) is 23.5 Å². The minimum atomic E-state index is -2.71. The number of carbonyl (C=O) groups excluding carboxylic acids is 4. The Kier molecular flexibility index (Phi) is 5.88. The number of benzene rings is 1. The average Bonchev–Trinajstić information content (AvgIpc) is 2.98. The molecule has 1 aromatic carbocycles.